The van der Waals surface area contributed by atoms with Crippen LogP contribution in [0.4, 0.5) is 0 Å². The Bertz CT molecular complexity index is 1110. The van der Waals surface area contributed by atoms with E-state index in [4.69, 9.17) is 11.6 Å². The number of nitrogens with zero attached hydrogens (tertiary/aromatic N) is 5. The average molecular weight is 567 g/mol. The molecule has 170 valence electrons. The Morgan fingerprint density at radius 3 is 2.53 bits per heavy atom. The molecule has 2 aromatic heterocycles. The maximum Gasteiger partial charge on any atom is 0.227 e. The first-order chi connectivity index (χ1) is 15.0. The zero-order valence-corrected chi connectivity index (χ0v) is 21.4. The fourth-order valence-electron chi connectivity index (χ4n) is 3.89. The van der Waals surface area contributed by atoms with Crippen LogP contribution in [0.15, 0.2) is 53.7 Å². The minimum absolute atomic E-state index is 0. The van der Waals surface area contributed by atoms with Crippen molar-refractivity contribution in [3.63, 3.8) is 0 Å². The average Bonchev–Trinajstić information content (AvgIpc) is 3.19. The SMILES string of the molecule is CN=C(NCc1cn2c(C)cccc2n1)N1CCN(C(=O)Cc2cccc(Cl)c2)CC1.I. The van der Waals surface area contributed by atoms with Crippen molar-refractivity contribution in [2.45, 2.75) is 19.9 Å². The minimum Gasteiger partial charge on any atom is -0.351 e. The number of imidazole rings is 1. The van der Waals surface area contributed by atoms with Crippen LogP contribution in [0.1, 0.15) is 17.0 Å². The van der Waals surface area contributed by atoms with Crippen LogP contribution in [0.2, 0.25) is 5.02 Å². The quantitative estimate of drug-likeness (QED) is 0.299. The number of carbonyl (C=O) groups excluding carboxylic acids is 1. The molecular formula is C23H28ClIN6O. The molecule has 0 spiro atoms. The number of aliphatic imine (C=N–C) groups is 1. The highest BCUT2D eigenvalue weighted by Gasteiger charge is 2.23. The highest BCUT2D eigenvalue weighted by molar-refractivity contribution is 14.0. The Labute approximate surface area is 210 Å². The lowest BCUT2D eigenvalue weighted by Crippen LogP contribution is -2.53. The summed E-state index contributed by atoms with van der Waals surface area (Å²) in [5.74, 6) is 0.959. The van der Waals surface area contributed by atoms with E-state index in [1.165, 1.54) is 0 Å². The number of fused-ring (bicyclic) bond motifs is 1. The molecule has 1 N–H and O–H groups in total. The number of aryl methyl sites for hydroxylation is 1. The van der Waals surface area contributed by atoms with Gasteiger partial charge in [-0.05, 0) is 36.8 Å². The molecular weight excluding hydrogens is 539 g/mol. The lowest BCUT2D eigenvalue weighted by molar-refractivity contribution is -0.131. The minimum atomic E-state index is 0. The maximum atomic E-state index is 12.7. The second-order valence-corrected chi connectivity index (χ2v) is 8.14. The number of guanidine groups is 1. The highest BCUT2D eigenvalue weighted by atomic mass is 127. The van der Waals surface area contributed by atoms with Crippen molar-refractivity contribution < 1.29 is 4.79 Å². The second kappa shape index (κ2) is 11.0. The van der Waals surface area contributed by atoms with Crippen LogP contribution in [0.25, 0.3) is 5.65 Å². The van der Waals surface area contributed by atoms with Gasteiger partial charge in [0.25, 0.3) is 0 Å². The van der Waals surface area contributed by atoms with Gasteiger partial charge in [0, 0.05) is 50.1 Å². The fraction of sp³-hybridized carbons (Fsp3) is 0.348. The van der Waals surface area contributed by atoms with Gasteiger partial charge in [-0.25, -0.2) is 4.98 Å². The van der Waals surface area contributed by atoms with Gasteiger partial charge < -0.3 is 19.5 Å². The third-order valence-electron chi connectivity index (χ3n) is 5.56. The molecule has 9 heteroatoms. The summed E-state index contributed by atoms with van der Waals surface area (Å²) in [6.45, 7) is 5.50. The Morgan fingerprint density at radius 2 is 1.84 bits per heavy atom. The summed E-state index contributed by atoms with van der Waals surface area (Å²) in [6, 6.07) is 13.6. The molecule has 0 radical (unpaired) electrons. The Kier molecular flexibility index (Phi) is 8.36. The third kappa shape index (κ3) is 5.72. The highest BCUT2D eigenvalue weighted by Crippen LogP contribution is 2.13. The summed E-state index contributed by atoms with van der Waals surface area (Å²) >= 11 is 6.03. The van der Waals surface area contributed by atoms with Crippen LogP contribution in [0, 0.1) is 6.92 Å². The zero-order chi connectivity index (χ0) is 21.8. The smallest absolute Gasteiger partial charge is 0.227 e. The van der Waals surface area contributed by atoms with Gasteiger partial charge in [-0.15, -0.1) is 24.0 Å². The van der Waals surface area contributed by atoms with E-state index in [-0.39, 0.29) is 29.9 Å². The van der Waals surface area contributed by atoms with Crippen molar-refractivity contribution in [2.75, 3.05) is 33.2 Å². The lowest BCUT2D eigenvalue weighted by atomic mass is 10.1. The molecule has 1 fully saturated rings. The van der Waals surface area contributed by atoms with Crippen molar-refractivity contribution in [3.05, 3.63) is 70.6 Å². The number of amides is 1. The molecule has 1 saturated heterocycles. The standard InChI is InChI=1S/C23H27ClN6O.HI/c1-17-5-3-8-21-27-20(16-30(17)21)15-26-23(25-2)29-11-9-28(10-12-29)22(31)14-18-6-4-7-19(24)13-18;/h3-8,13,16H,9-12,14-15H2,1-2H3,(H,25,26);1H. The van der Waals surface area contributed by atoms with E-state index >= 15 is 0 Å². The number of hydrogen-bond donors (Lipinski definition) is 1. The van der Waals surface area contributed by atoms with Gasteiger partial charge in [-0.3, -0.25) is 9.79 Å². The van der Waals surface area contributed by atoms with Crippen molar-refractivity contribution in [2.24, 2.45) is 4.99 Å². The molecule has 7 nitrogen and oxygen atoms in total. The number of nitrogens with one attached hydrogen (secondary N) is 1. The van der Waals surface area contributed by atoms with Crippen molar-refractivity contribution in [1.82, 2.24) is 24.5 Å². The van der Waals surface area contributed by atoms with E-state index in [9.17, 15) is 4.79 Å². The molecule has 32 heavy (non-hydrogen) atoms. The molecule has 1 aromatic carbocycles. The maximum absolute atomic E-state index is 12.7. The molecule has 3 aromatic rings. The van der Waals surface area contributed by atoms with E-state index in [1.807, 2.05) is 41.3 Å². The van der Waals surface area contributed by atoms with Crippen LogP contribution in [0.5, 0.6) is 0 Å². The Morgan fingerprint density at radius 1 is 1.12 bits per heavy atom. The van der Waals surface area contributed by atoms with E-state index in [0.29, 0.717) is 31.1 Å². The number of pyridine rings is 1. The van der Waals surface area contributed by atoms with Gasteiger partial charge in [0.1, 0.15) is 5.65 Å². The first kappa shape index (κ1) is 24.3. The number of halogens is 2. The molecule has 0 atom stereocenters. The lowest BCUT2D eigenvalue weighted by Gasteiger charge is -2.36. The summed E-state index contributed by atoms with van der Waals surface area (Å²) in [4.78, 5) is 25.8. The summed E-state index contributed by atoms with van der Waals surface area (Å²) in [5, 5.41) is 4.07. The summed E-state index contributed by atoms with van der Waals surface area (Å²) in [7, 11) is 1.78. The number of hydrogen-bond acceptors (Lipinski definition) is 3. The van der Waals surface area contributed by atoms with Gasteiger partial charge in [0.15, 0.2) is 5.96 Å². The van der Waals surface area contributed by atoms with Gasteiger partial charge in [-0.1, -0.05) is 29.8 Å². The van der Waals surface area contributed by atoms with Crippen LogP contribution < -0.4 is 5.32 Å². The van der Waals surface area contributed by atoms with Crippen molar-refractivity contribution in [3.8, 4) is 0 Å². The third-order valence-corrected chi connectivity index (χ3v) is 5.80. The molecule has 1 aliphatic heterocycles. The Hall–Kier alpha value is -2.33. The predicted octanol–water partition coefficient (Wildman–Crippen LogP) is 3.38. The molecule has 3 heterocycles. The largest absolute Gasteiger partial charge is 0.351 e. The number of rotatable bonds is 4. The van der Waals surface area contributed by atoms with Crippen LogP contribution in [0.3, 0.4) is 0 Å². The monoisotopic (exact) mass is 566 g/mol. The van der Waals surface area contributed by atoms with Gasteiger partial charge in [0.05, 0.1) is 18.7 Å². The van der Waals surface area contributed by atoms with Crippen LogP contribution in [-0.2, 0) is 17.8 Å². The van der Waals surface area contributed by atoms with Crippen molar-refractivity contribution in [1.29, 1.82) is 0 Å². The van der Waals surface area contributed by atoms with E-state index < -0.39 is 0 Å². The molecule has 0 saturated carbocycles. The first-order valence-electron chi connectivity index (χ1n) is 10.4. The zero-order valence-electron chi connectivity index (χ0n) is 18.3. The second-order valence-electron chi connectivity index (χ2n) is 7.70. The van der Waals surface area contributed by atoms with E-state index in [2.05, 4.69) is 43.8 Å². The number of benzene rings is 1. The first-order valence-corrected chi connectivity index (χ1v) is 10.8. The van der Waals surface area contributed by atoms with Gasteiger partial charge in [0.2, 0.25) is 5.91 Å². The number of piperazine rings is 1. The topological polar surface area (TPSA) is 65.2 Å². The normalized spacial score (nSPS) is 14.4. The van der Waals surface area contributed by atoms with E-state index in [1.54, 1.807) is 7.05 Å². The molecule has 0 aliphatic carbocycles. The molecule has 1 aliphatic rings. The number of aromatic nitrogens is 2. The van der Waals surface area contributed by atoms with Gasteiger partial charge >= 0.3 is 0 Å². The predicted molar refractivity (Wildman–Crippen MR) is 139 cm³/mol. The summed E-state index contributed by atoms with van der Waals surface area (Å²) in [6.07, 6.45) is 2.43. The molecule has 0 unspecified atom stereocenters. The molecule has 1 amide bonds. The summed E-state index contributed by atoms with van der Waals surface area (Å²) in [5.41, 5.74) is 4.00. The van der Waals surface area contributed by atoms with Crippen LogP contribution in [-0.4, -0.2) is 64.3 Å². The van der Waals surface area contributed by atoms with E-state index in [0.717, 1.165) is 41.6 Å². The molecule has 0 bridgehead atoms. The Balaban J connectivity index is 0.00000289. The summed E-state index contributed by atoms with van der Waals surface area (Å²) < 4.78 is 2.09. The van der Waals surface area contributed by atoms with Crippen molar-refractivity contribution >= 4 is 53.1 Å². The number of carbonyl (C=O) groups is 1. The fourth-order valence-corrected chi connectivity index (χ4v) is 4.10. The van der Waals surface area contributed by atoms with Crippen LogP contribution >= 0.6 is 35.6 Å². The van der Waals surface area contributed by atoms with Gasteiger partial charge in [-0.2, -0.15) is 0 Å². The molecule has 4 rings (SSSR count).